The van der Waals surface area contributed by atoms with Crippen LogP contribution in [-0.2, 0) is 5.88 Å². The van der Waals surface area contributed by atoms with Gasteiger partial charge in [0.15, 0.2) is 5.58 Å². The molecule has 0 unspecified atom stereocenters. The van der Waals surface area contributed by atoms with E-state index >= 15 is 0 Å². The van der Waals surface area contributed by atoms with Gasteiger partial charge in [0, 0.05) is 0 Å². The van der Waals surface area contributed by atoms with Crippen molar-refractivity contribution in [3.05, 3.63) is 28.6 Å². The van der Waals surface area contributed by atoms with Gasteiger partial charge >= 0.3 is 0 Å². The van der Waals surface area contributed by atoms with E-state index in [-0.39, 0.29) is 0 Å². The van der Waals surface area contributed by atoms with E-state index in [4.69, 9.17) is 16.0 Å². The summed E-state index contributed by atoms with van der Waals surface area (Å²) in [5.74, 6) is 0.918. The zero-order valence-electron chi connectivity index (χ0n) is 8.52. The molecule has 0 aliphatic carbocycles. The second-order valence-electron chi connectivity index (χ2n) is 3.53. The van der Waals surface area contributed by atoms with E-state index in [1.54, 1.807) is 0 Å². The summed E-state index contributed by atoms with van der Waals surface area (Å²) < 4.78 is 5.54. The third-order valence-corrected chi connectivity index (χ3v) is 2.89. The molecule has 3 heteroatoms. The predicted octanol–water partition coefficient (Wildman–Crippen LogP) is 3.49. The Morgan fingerprint density at radius 1 is 1.29 bits per heavy atom. The molecule has 0 saturated carbocycles. The Morgan fingerprint density at radius 3 is 2.64 bits per heavy atom. The molecule has 1 aromatic heterocycles. The fourth-order valence-corrected chi connectivity index (χ4v) is 1.70. The van der Waals surface area contributed by atoms with Crippen LogP contribution in [0, 0.1) is 20.8 Å². The molecule has 2 rings (SSSR count). The van der Waals surface area contributed by atoms with E-state index in [0.717, 1.165) is 16.7 Å². The number of aryl methyl sites for hydroxylation is 2. The third-order valence-electron chi connectivity index (χ3n) is 2.66. The van der Waals surface area contributed by atoms with Crippen LogP contribution < -0.4 is 0 Å². The van der Waals surface area contributed by atoms with Crippen molar-refractivity contribution in [1.29, 1.82) is 0 Å². The van der Waals surface area contributed by atoms with Crippen molar-refractivity contribution >= 4 is 22.7 Å². The first kappa shape index (κ1) is 9.53. The zero-order chi connectivity index (χ0) is 10.3. The van der Waals surface area contributed by atoms with E-state index in [2.05, 4.69) is 18.8 Å². The first-order valence-electron chi connectivity index (χ1n) is 4.55. The van der Waals surface area contributed by atoms with Crippen molar-refractivity contribution in [2.45, 2.75) is 26.7 Å². The lowest BCUT2D eigenvalue weighted by Crippen LogP contribution is -1.86. The number of oxazole rings is 1. The van der Waals surface area contributed by atoms with Gasteiger partial charge in [0.2, 0.25) is 5.89 Å². The Labute approximate surface area is 87.9 Å². The first-order valence-corrected chi connectivity index (χ1v) is 5.09. The first-order chi connectivity index (χ1) is 6.63. The lowest BCUT2D eigenvalue weighted by atomic mass is 10.0. The molecular formula is C11H12ClNO. The Balaban J connectivity index is 2.81. The maximum absolute atomic E-state index is 5.67. The third kappa shape index (κ3) is 1.30. The number of halogens is 1. The highest BCUT2D eigenvalue weighted by Crippen LogP contribution is 2.25. The van der Waals surface area contributed by atoms with Gasteiger partial charge in [-0.3, -0.25) is 0 Å². The zero-order valence-corrected chi connectivity index (χ0v) is 9.27. The number of rotatable bonds is 1. The largest absolute Gasteiger partial charge is 0.439 e. The minimum absolute atomic E-state index is 0.326. The van der Waals surface area contributed by atoms with Gasteiger partial charge in [0.1, 0.15) is 5.52 Å². The molecule has 0 amide bonds. The van der Waals surface area contributed by atoms with Crippen molar-refractivity contribution in [2.24, 2.45) is 0 Å². The molecule has 74 valence electrons. The maximum Gasteiger partial charge on any atom is 0.210 e. The Bertz CT molecular complexity index is 487. The standard InChI is InChI=1S/C11H12ClNO/c1-6-4-9-11(8(3)7(6)2)14-10(5-12)13-9/h4H,5H2,1-3H3. The van der Waals surface area contributed by atoms with Crippen LogP contribution in [0.4, 0.5) is 0 Å². The molecule has 2 aromatic rings. The average molecular weight is 210 g/mol. The minimum Gasteiger partial charge on any atom is -0.439 e. The van der Waals surface area contributed by atoms with Gasteiger partial charge in [-0.15, -0.1) is 11.6 Å². The fraction of sp³-hybridized carbons (Fsp3) is 0.364. The van der Waals surface area contributed by atoms with Crippen LogP contribution in [0.3, 0.4) is 0 Å². The van der Waals surface area contributed by atoms with Gasteiger partial charge in [-0.2, -0.15) is 0 Å². The number of nitrogens with zero attached hydrogens (tertiary/aromatic N) is 1. The van der Waals surface area contributed by atoms with Gasteiger partial charge in [0.05, 0.1) is 5.88 Å². The van der Waals surface area contributed by atoms with Crippen molar-refractivity contribution < 1.29 is 4.42 Å². The van der Waals surface area contributed by atoms with Crippen molar-refractivity contribution in [3.63, 3.8) is 0 Å². The number of alkyl halides is 1. The fourth-order valence-electron chi connectivity index (χ4n) is 1.58. The van der Waals surface area contributed by atoms with Gasteiger partial charge < -0.3 is 4.42 Å². The number of aromatic nitrogens is 1. The summed E-state index contributed by atoms with van der Waals surface area (Å²) in [4.78, 5) is 4.30. The maximum atomic E-state index is 5.67. The van der Waals surface area contributed by atoms with Crippen molar-refractivity contribution in [2.75, 3.05) is 0 Å². The monoisotopic (exact) mass is 209 g/mol. The SMILES string of the molecule is Cc1cc2nc(CCl)oc2c(C)c1C. The summed E-state index contributed by atoms with van der Waals surface area (Å²) in [6.07, 6.45) is 0. The number of hydrogen-bond donors (Lipinski definition) is 0. The van der Waals surface area contributed by atoms with Crippen LogP contribution in [0.2, 0.25) is 0 Å². The number of fused-ring (bicyclic) bond motifs is 1. The van der Waals surface area contributed by atoms with Crippen molar-refractivity contribution in [3.8, 4) is 0 Å². The lowest BCUT2D eigenvalue weighted by molar-refractivity contribution is 0.552. The van der Waals surface area contributed by atoms with Crippen LogP contribution in [0.15, 0.2) is 10.5 Å². The van der Waals surface area contributed by atoms with E-state index in [1.165, 1.54) is 11.1 Å². The van der Waals surface area contributed by atoms with Gasteiger partial charge in [-0.25, -0.2) is 4.98 Å². The van der Waals surface area contributed by atoms with Gasteiger partial charge in [-0.1, -0.05) is 0 Å². The quantitative estimate of drug-likeness (QED) is 0.672. The number of hydrogen-bond acceptors (Lipinski definition) is 2. The Hall–Kier alpha value is -1.02. The molecular weight excluding hydrogens is 198 g/mol. The summed E-state index contributed by atoms with van der Waals surface area (Å²) in [6, 6.07) is 2.04. The summed E-state index contributed by atoms with van der Waals surface area (Å²) in [6.45, 7) is 6.22. The molecule has 1 aromatic carbocycles. The van der Waals surface area contributed by atoms with Crippen molar-refractivity contribution in [1.82, 2.24) is 4.98 Å². The summed E-state index contributed by atoms with van der Waals surface area (Å²) >= 11 is 5.67. The van der Waals surface area contributed by atoms with Gasteiger partial charge in [-0.05, 0) is 43.5 Å². The van der Waals surface area contributed by atoms with Crippen LogP contribution in [0.1, 0.15) is 22.6 Å². The molecule has 1 heterocycles. The highest BCUT2D eigenvalue weighted by Gasteiger charge is 2.10. The molecule has 0 aliphatic rings. The Morgan fingerprint density at radius 2 is 2.00 bits per heavy atom. The summed E-state index contributed by atoms with van der Waals surface area (Å²) in [5.41, 5.74) is 5.42. The predicted molar refractivity (Wildman–Crippen MR) is 57.8 cm³/mol. The number of benzene rings is 1. The minimum atomic E-state index is 0.326. The molecule has 0 fully saturated rings. The van der Waals surface area contributed by atoms with Gasteiger partial charge in [0.25, 0.3) is 0 Å². The highest BCUT2D eigenvalue weighted by atomic mass is 35.5. The molecule has 0 bridgehead atoms. The van der Waals surface area contributed by atoms with E-state index in [0.29, 0.717) is 11.8 Å². The summed E-state index contributed by atoms with van der Waals surface area (Å²) in [7, 11) is 0. The molecule has 0 aliphatic heterocycles. The molecule has 2 nitrogen and oxygen atoms in total. The summed E-state index contributed by atoms with van der Waals surface area (Å²) in [5, 5.41) is 0. The van der Waals surface area contributed by atoms with E-state index in [9.17, 15) is 0 Å². The molecule has 0 saturated heterocycles. The average Bonchev–Trinajstić information content (AvgIpc) is 2.57. The molecule has 0 spiro atoms. The van der Waals surface area contributed by atoms with E-state index in [1.807, 2.05) is 13.0 Å². The second-order valence-corrected chi connectivity index (χ2v) is 3.80. The Kier molecular flexibility index (Phi) is 2.23. The van der Waals surface area contributed by atoms with Crippen LogP contribution in [-0.4, -0.2) is 4.98 Å². The second kappa shape index (κ2) is 3.28. The smallest absolute Gasteiger partial charge is 0.210 e. The normalized spacial score (nSPS) is 11.1. The molecule has 0 N–H and O–H groups in total. The molecule has 0 radical (unpaired) electrons. The molecule has 0 atom stereocenters. The molecule has 14 heavy (non-hydrogen) atoms. The van der Waals surface area contributed by atoms with E-state index < -0.39 is 0 Å². The highest BCUT2D eigenvalue weighted by molar-refractivity contribution is 6.16. The topological polar surface area (TPSA) is 26.0 Å². The van der Waals surface area contributed by atoms with Crippen LogP contribution >= 0.6 is 11.6 Å². The lowest BCUT2D eigenvalue weighted by Gasteiger charge is -2.03. The van der Waals surface area contributed by atoms with Crippen LogP contribution in [0.25, 0.3) is 11.1 Å². The van der Waals surface area contributed by atoms with Crippen LogP contribution in [0.5, 0.6) is 0 Å².